The van der Waals surface area contributed by atoms with Gasteiger partial charge in [0.05, 0.1) is 6.04 Å². The Balaban J connectivity index is 2.05. The monoisotopic (exact) mass is 195 g/mol. The maximum absolute atomic E-state index is 12.2. The fourth-order valence-corrected chi connectivity index (χ4v) is 2.41. The second kappa shape index (κ2) is 3.34. The van der Waals surface area contributed by atoms with Crippen molar-refractivity contribution >= 4 is 5.78 Å². The molecular weight excluding hydrogens is 174 g/mol. The zero-order valence-corrected chi connectivity index (χ0v) is 9.55. The van der Waals surface area contributed by atoms with Crippen LogP contribution in [-0.4, -0.2) is 29.3 Å². The Labute approximate surface area is 86.7 Å². The van der Waals surface area contributed by atoms with Gasteiger partial charge in [-0.3, -0.25) is 9.69 Å². The maximum Gasteiger partial charge on any atom is 0.155 e. The van der Waals surface area contributed by atoms with E-state index in [0.29, 0.717) is 5.78 Å². The number of Topliss-reactive ketones (excluding diaryl/α,β-unsaturated/α-hetero) is 1. The number of carbonyl (C=O) groups is 1. The molecule has 2 aliphatic rings. The average Bonchev–Trinajstić information content (AvgIpc) is 2.81. The molecule has 2 nitrogen and oxygen atoms in total. The van der Waals surface area contributed by atoms with Gasteiger partial charge >= 0.3 is 0 Å². The average molecular weight is 195 g/mol. The molecule has 14 heavy (non-hydrogen) atoms. The highest BCUT2D eigenvalue weighted by Gasteiger charge is 2.42. The molecule has 0 aromatic rings. The molecule has 1 aliphatic heterocycles. The zero-order valence-electron chi connectivity index (χ0n) is 9.55. The predicted molar refractivity (Wildman–Crippen MR) is 57.2 cm³/mol. The van der Waals surface area contributed by atoms with Crippen LogP contribution in [0.15, 0.2) is 0 Å². The van der Waals surface area contributed by atoms with Gasteiger partial charge in [-0.2, -0.15) is 0 Å². The summed E-state index contributed by atoms with van der Waals surface area (Å²) >= 11 is 0. The second-order valence-corrected chi connectivity index (χ2v) is 5.74. The molecule has 2 rings (SSSR count). The van der Waals surface area contributed by atoms with E-state index in [2.05, 4.69) is 4.90 Å². The zero-order chi connectivity index (χ0) is 10.3. The van der Waals surface area contributed by atoms with Gasteiger partial charge in [0.2, 0.25) is 0 Å². The van der Waals surface area contributed by atoms with Crippen molar-refractivity contribution in [1.82, 2.24) is 4.90 Å². The molecule has 1 saturated carbocycles. The van der Waals surface area contributed by atoms with E-state index in [1.807, 2.05) is 20.8 Å². The number of ketones is 1. The third-order valence-corrected chi connectivity index (χ3v) is 3.35. The van der Waals surface area contributed by atoms with Gasteiger partial charge in [0.25, 0.3) is 0 Å². The van der Waals surface area contributed by atoms with Crippen LogP contribution in [0.1, 0.15) is 46.5 Å². The van der Waals surface area contributed by atoms with Gasteiger partial charge in [0.15, 0.2) is 5.78 Å². The number of likely N-dealkylation sites (tertiary alicyclic amines) is 1. The van der Waals surface area contributed by atoms with Crippen LogP contribution in [0.2, 0.25) is 0 Å². The van der Waals surface area contributed by atoms with Crippen LogP contribution in [0.3, 0.4) is 0 Å². The second-order valence-electron chi connectivity index (χ2n) is 5.74. The summed E-state index contributed by atoms with van der Waals surface area (Å²) in [5.41, 5.74) is -0.165. The normalized spacial score (nSPS) is 29.5. The van der Waals surface area contributed by atoms with Crippen molar-refractivity contribution in [2.45, 2.75) is 58.5 Å². The molecule has 0 aromatic carbocycles. The van der Waals surface area contributed by atoms with Gasteiger partial charge in [-0.1, -0.05) is 20.8 Å². The molecule has 1 saturated heterocycles. The van der Waals surface area contributed by atoms with Gasteiger partial charge < -0.3 is 0 Å². The fraction of sp³-hybridized carbons (Fsp3) is 0.917. The molecule has 0 bridgehead atoms. The summed E-state index contributed by atoms with van der Waals surface area (Å²) in [6.07, 6.45) is 4.93. The van der Waals surface area contributed by atoms with Crippen LogP contribution in [0.4, 0.5) is 0 Å². The van der Waals surface area contributed by atoms with Crippen LogP contribution >= 0.6 is 0 Å². The minimum Gasteiger partial charge on any atom is -0.297 e. The smallest absolute Gasteiger partial charge is 0.155 e. The van der Waals surface area contributed by atoms with Crippen molar-refractivity contribution in [3.63, 3.8) is 0 Å². The molecule has 0 N–H and O–H groups in total. The van der Waals surface area contributed by atoms with E-state index >= 15 is 0 Å². The first-order valence-corrected chi connectivity index (χ1v) is 5.80. The van der Waals surface area contributed by atoms with E-state index in [4.69, 9.17) is 0 Å². The number of rotatable bonds is 2. The van der Waals surface area contributed by atoms with E-state index in [9.17, 15) is 4.79 Å². The Morgan fingerprint density at radius 3 is 2.36 bits per heavy atom. The summed E-state index contributed by atoms with van der Waals surface area (Å²) in [7, 11) is 0. The predicted octanol–water partition coefficient (Wildman–Crippen LogP) is 2.23. The van der Waals surface area contributed by atoms with Gasteiger partial charge in [-0.15, -0.1) is 0 Å². The van der Waals surface area contributed by atoms with Gasteiger partial charge in [0.1, 0.15) is 0 Å². The lowest BCUT2D eigenvalue weighted by molar-refractivity contribution is -0.131. The third kappa shape index (κ3) is 1.85. The topological polar surface area (TPSA) is 20.3 Å². The highest BCUT2D eigenvalue weighted by molar-refractivity contribution is 5.89. The molecule has 0 radical (unpaired) electrons. The quantitative estimate of drug-likeness (QED) is 0.673. The van der Waals surface area contributed by atoms with Crippen molar-refractivity contribution < 1.29 is 4.79 Å². The van der Waals surface area contributed by atoms with Crippen LogP contribution in [0.5, 0.6) is 0 Å². The number of hydrogen-bond donors (Lipinski definition) is 0. The van der Waals surface area contributed by atoms with Gasteiger partial charge in [-0.25, -0.2) is 0 Å². The number of nitrogens with zero attached hydrogens (tertiary/aromatic N) is 1. The van der Waals surface area contributed by atoms with Crippen molar-refractivity contribution in [1.29, 1.82) is 0 Å². The Hall–Kier alpha value is -0.370. The van der Waals surface area contributed by atoms with Crippen LogP contribution in [0, 0.1) is 5.41 Å². The molecule has 1 aliphatic carbocycles. The Kier molecular flexibility index (Phi) is 2.42. The maximum atomic E-state index is 12.2. The van der Waals surface area contributed by atoms with E-state index < -0.39 is 0 Å². The largest absolute Gasteiger partial charge is 0.297 e. The van der Waals surface area contributed by atoms with E-state index in [1.54, 1.807) is 0 Å². The summed E-state index contributed by atoms with van der Waals surface area (Å²) in [4.78, 5) is 14.6. The van der Waals surface area contributed by atoms with Gasteiger partial charge in [-0.05, 0) is 32.2 Å². The molecular formula is C12H21NO. The standard InChI is InChI=1S/C12H21NO/c1-12(2,3)11(14)10-5-4-8-13(10)9-6-7-9/h9-10H,4-8H2,1-3H3. The highest BCUT2D eigenvalue weighted by atomic mass is 16.1. The summed E-state index contributed by atoms with van der Waals surface area (Å²) < 4.78 is 0. The lowest BCUT2D eigenvalue weighted by Crippen LogP contribution is -2.42. The summed E-state index contributed by atoms with van der Waals surface area (Å²) in [5.74, 6) is 0.446. The van der Waals surface area contributed by atoms with Crippen molar-refractivity contribution in [2.75, 3.05) is 6.54 Å². The minimum atomic E-state index is -0.165. The van der Waals surface area contributed by atoms with Crippen LogP contribution in [0.25, 0.3) is 0 Å². The lowest BCUT2D eigenvalue weighted by Gasteiger charge is -2.28. The molecule has 2 heteroatoms. The summed E-state index contributed by atoms with van der Waals surface area (Å²) in [6.45, 7) is 7.27. The van der Waals surface area contributed by atoms with Gasteiger partial charge in [0, 0.05) is 11.5 Å². The first-order chi connectivity index (χ1) is 6.50. The first-order valence-electron chi connectivity index (χ1n) is 5.80. The van der Waals surface area contributed by atoms with Crippen molar-refractivity contribution in [2.24, 2.45) is 5.41 Å². The fourth-order valence-electron chi connectivity index (χ4n) is 2.41. The Bertz CT molecular complexity index is 237. The molecule has 1 unspecified atom stereocenters. The Morgan fingerprint density at radius 1 is 1.21 bits per heavy atom. The van der Waals surface area contributed by atoms with E-state index in [0.717, 1.165) is 19.0 Å². The summed E-state index contributed by atoms with van der Waals surface area (Å²) in [5, 5.41) is 0. The van der Waals surface area contributed by atoms with Crippen molar-refractivity contribution in [3.8, 4) is 0 Å². The van der Waals surface area contributed by atoms with Crippen LogP contribution < -0.4 is 0 Å². The number of carbonyl (C=O) groups excluding carboxylic acids is 1. The first kappa shape index (κ1) is 10.2. The SMILES string of the molecule is CC(C)(C)C(=O)C1CCCN1C1CC1. The molecule has 0 spiro atoms. The van der Waals surface area contributed by atoms with Crippen molar-refractivity contribution in [3.05, 3.63) is 0 Å². The summed E-state index contributed by atoms with van der Waals surface area (Å²) in [6, 6.07) is 0.983. The molecule has 0 aromatic heterocycles. The molecule has 80 valence electrons. The Morgan fingerprint density at radius 2 is 1.86 bits per heavy atom. The third-order valence-electron chi connectivity index (χ3n) is 3.35. The highest BCUT2D eigenvalue weighted by Crippen LogP contribution is 2.36. The van der Waals surface area contributed by atoms with E-state index in [1.165, 1.54) is 19.3 Å². The molecule has 1 heterocycles. The molecule has 1 atom stereocenters. The minimum absolute atomic E-state index is 0.165. The van der Waals surface area contributed by atoms with E-state index in [-0.39, 0.29) is 11.5 Å². The lowest BCUT2D eigenvalue weighted by atomic mass is 9.85. The molecule has 0 amide bonds. The molecule has 2 fully saturated rings. The number of hydrogen-bond acceptors (Lipinski definition) is 2. The van der Waals surface area contributed by atoms with Crippen LogP contribution in [-0.2, 0) is 4.79 Å².